The fourth-order valence-corrected chi connectivity index (χ4v) is 2.99. The Hall–Kier alpha value is -1.37. The van der Waals surface area contributed by atoms with Crippen molar-refractivity contribution in [1.82, 2.24) is 9.97 Å². The van der Waals surface area contributed by atoms with Gasteiger partial charge in [0.05, 0.1) is 11.5 Å². The van der Waals surface area contributed by atoms with E-state index in [9.17, 15) is 13.2 Å². The molecule has 1 saturated heterocycles. The second-order valence-electron chi connectivity index (χ2n) is 3.73. The van der Waals surface area contributed by atoms with Gasteiger partial charge in [0.25, 0.3) is 5.56 Å². The molecule has 6 nitrogen and oxygen atoms in total. The summed E-state index contributed by atoms with van der Waals surface area (Å²) >= 11 is 0. The minimum absolute atomic E-state index is 0.0863. The first kappa shape index (κ1) is 11.1. The third-order valence-electron chi connectivity index (χ3n) is 2.54. The molecule has 2 rings (SSSR count). The second-order valence-corrected chi connectivity index (χ2v) is 6.04. The van der Waals surface area contributed by atoms with Crippen molar-refractivity contribution in [2.45, 2.75) is 6.42 Å². The monoisotopic (exact) mass is 243 g/mol. The van der Waals surface area contributed by atoms with Crippen molar-refractivity contribution >= 4 is 15.7 Å². The fraction of sp³-hybridized carbons (Fsp3) is 0.556. The highest BCUT2D eigenvalue weighted by Gasteiger charge is 2.21. The molecular weight excluding hydrogens is 230 g/mol. The lowest BCUT2D eigenvalue weighted by atomic mass is 10.4. The van der Waals surface area contributed by atoms with Crippen molar-refractivity contribution in [3.8, 4) is 0 Å². The number of hydrogen-bond acceptors (Lipinski definition) is 5. The first-order valence-corrected chi connectivity index (χ1v) is 6.90. The van der Waals surface area contributed by atoms with Crippen LogP contribution in [0.2, 0.25) is 0 Å². The molecule has 0 radical (unpaired) electrons. The van der Waals surface area contributed by atoms with E-state index in [1.165, 1.54) is 12.4 Å². The fourth-order valence-electron chi connectivity index (χ4n) is 1.72. The molecule has 0 saturated carbocycles. The van der Waals surface area contributed by atoms with Crippen LogP contribution in [0.15, 0.2) is 17.2 Å². The van der Waals surface area contributed by atoms with Gasteiger partial charge in [0, 0.05) is 25.5 Å². The summed E-state index contributed by atoms with van der Waals surface area (Å²) in [4.78, 5) is 19.7. The third-order valence-corrected chi connectivity index (χ3v) is 4.26. The maximum atomic E-state index is 11.5. The van der Waals surface area contributed by atoms with Gasteiger partial charge in [-0.3, -0.25) is 4.79 Å². The van der Waals surface area contributed by atoms with Gasteiger partial charge in [-0.1, -0.05) is 0 Å². The van der Waals surface area contributed by atoms with Gasteiger partial charge in [-0.25, -0.2) is 13.4 Å². The highest BCUT2D eigenvalue weighted by molar-refractivity contribution is 7.91. The van der Waals surface area contributed by atoms with Gasteiger partial charge in [0.2, 0.25) is 0 Å². The van der Waals surface area contributed by atoms with Crippen LogP contribution in [0.4, 0.5) is 5.82 Å². The Morgan fingerprint density at radius 3 is 2.88 bits per heavy atom. The Labute approximate surface area is 93.2 Å². The lowest BCUT2D eigenvalue weighted by Crippen LogP contribution is -2.32. The van der Waals surface area contributed by atoms with Crippen LogP contribution in [0.3, 0.4) is 0 Å². The minimum atomic E-state index is -2.95. The van der Waals surface area contributed by atoms with Crippen LogP contribution in [0.1, 0.15) is 6.42 Å². The van der Waals surface area contributed by atoms with Gasteiger partial charge in [0.15, 0.2) is 15.7 Å². The van der Waals surface area contributed by atoms with Gasteiger partial charge in [-0.2, -0.15) is 0 Å². The highest BCUT2D eigenvalue weighted by atomic mass is 32.2. The molecule has 0 bridgehead atoms. The molecule has 1 N–H and O–H groups in total. The summed E-state index contributed by atoms with van der Waals surface area (Å²) in [5.41, 5.74) is -0.276. The number of hydrogen-bond donors (Lipinski definition) is 1. The molecule has 1 aromatic rings. The van der Waals surface area contributed by atoms with E-state index in [0.29, 0.717) is 25.3 Å². The third kappa shape index (κ3) is 2.41. The van der Waals surface area contributed by atoms with E-state index in [1.807, 2.05) is 0 Å². The summed E-state index contributed by atoms with van der Waals surface area (Å²) < 4.78 is 22.8. The van der Waals surface area contributed by atoms with Crippen LogP contribution in [-0.2, 0) is 9.84 Å². The van der Waals surface area contributed by atoms with Gasteiger partial charge in [-0.15, -0.1) is 0 Å². The molecule has 88 valence electrons. The topological polar surface area (TPSA) is 83.1 Å². The molecule has 1 aliphatic heterocycles. The Balaban J connectivity index is 2.24. The molecule has 0 amide bonds. The van der Waals surface area contributed by atoms with Crippen molar-refractivity contribution in [2.24, 2.45) is 0 Å². The Bertz CT molecular complexity index is 523. The normalized spacial score (nSPS) is 20.4. The summed E-state index contributed by atoms with van der Waals surface area (Å²) in [6.45, 7) is 0.891. The predicted octanol–water partition coefficient (Wildman–Crippen LogP) is -0.605. The van der Waals surface area contributed by atoms with Gasteiger partial charge in [0.1, 0.15) is 0 Å². The molecule has 0 atom stereocenters. The van der Waals surface area contributed by atoms with Crippen molar-refractivity contribution in [3.63, 3.8) is 0 Å². The molecule has 7 heteroatoms. The summed E-state index contributed by atoms with van der Waals surface area (Å²) in [5.74, 6) is 0.580. The Kier molecular flexibility index (Phi) is 2.95. The molecule has 2 heterocycles. The van der Waals surface area contributed by atoms with Crippen molar-refractivity contribution < 1.29 is 8.42 Å². The number of nitrogens with zero attached hydrogens (tertiary/aromatic N) is 2. The van der Waals surface area contributed by atoms with Crippen LogP contribution in [-0.4, -0.2) is 43.0 Å². The zero-order chi connectivity index (χ0) is 11.6. The van der Waals surface area contributed by atoms with E-state index in [1.54, 1.807) is 4.90 Å². The van der Waals surface area contributed by atoms with Crippen LogP contribution in [0.25, 0.3) is 0 Å². The summed E-state index contributed by atoms with van der Waals surface area (Å²) in [7, 11) is -2.95. The first-order chi connectivity index (χ1) is 7.58. The van der Waals surface area contributed by atoms with E-state index in [2.05, 4.69) is 9.97 Å². The summed E-state index contributed by atoms with van der Waals surface area (Å²) in [5, 5.41) is 0. The van der Waals surface area contributed by atoms with Gasteiger partial charge in [-0.05, 0) is 6.42 Å². The predicted molar refractivity (Wildman–Crippen MR) is 60.3 cm³/mol. The Morgan fingerprint density at radius 2 is 2.12 bits per heavy atom. The molecule has 1 aliphatic rings. The first-order valence-electron chi connectivity index (χ1n) is 5.07. The van der Waals surface area contributed by atoms with Gasteiger partial charge >= 0.3 is 0 Å². The van der Waals surface area contributed by atoms with Crippen molar-refractivity contribution in [1.29, 1.82) is 0 Å². The summed E-state index contributed by atoms with van der Waals surface area (Å²) in [6, 6.07) is 0. The smallest absolute Gasteiger partial charge is 0.290 e. The molecular formula is C9H13N3O3S. The standard InChI is InChI=1S/C9H13N3O3S/c13-9-8(10-2-3-11-9)12-4-1-6-16(14,15)7-5-12/h2-3H,1,4-7H2,(H,11,13). The van der Waals surface area contributed by atoms with E-state index < -0.39 is 9.84 Å². The number of anilines is 1. The largest absolute Gasteiger partial charge is 0.351 e. The zero-order valence-electron chi connectivity index (χ0n) is 8.72. The second kappa shape index (κ2) is 4.25. The van der Waals surface area contributed by atoms with E-state index in [-0.39, 0.29) is 17.1 Å². The number of aromatic amines is 1. The van der Waals surface area contributed by atoms with Crippen LogP contribution in [0, 0.1) is 0 Å². The minimum Gasteiger partial charge on any atom is -0.351 e. The number of aromatic nitrogens is 2. The van der Waals surface area contributed by atoms with Crippen LogP contribution >= 0.6 is 0 Å². The summed E-state index contributed by atoms with van der Waals surface area (Å²) in [6.07, 6.45) is 3.49. The molecule has 0 aliphatic carbocycles. The average molecular weight is 243 g/mol. The van der Waals surface area contributed by atoms with E-state index in [0.717, 1.165) is 0 Å². The molecule has 0 aromatic carbocycles. The van der Waals surface area contributed by atoms with E-state index >= 15 is 0 Å². The zero-order valence-corrected chi connectivity index (χ0v) is 9.53. The van der Waals surface area contributed by atoms with Gasteiger partial charge < -0.3 is 9.88 Å². The van der Waals surface area contributed by atoms with Crippen molar-refractivity contribution in [3.05, 3.63) is 22.7 Å². The lowest BCUT2D eigenvalue weighted by molar-refractivity contribution is 0.597. The molecule has 0 spiro atoms. The number of sulfone groups is 1. The molecule has 0 unspecified atom stereocenters. The lowest BCUT2D eigenvalue weighted by Gasteiger charge is -2.18. The number of nitrogens with one attached hydrogen (secondary N) is 1. The van der Waals surface area contributed by atoms with E-state index in [4.69, 9.17) is 0 Å². The van der Waals surface area contributed by atoms with Crippen LogP contribution < -0.4 is 10.5 Å². The highest BCUT2D eigenvalue weighted by Crippen LogP contribution is 2.09. The quantitative estimate of drug-likeness (QED) is 0.711. The van der Waals surface area contributed by atoms with Crippen LogP contribution in [0.5, 0.6) is 0 Å². The average Bonchev–Trinajstić information content (AvgIpc) is 2.40. The molecule has 1 fully saturated rings. The SMILES string of the molecule is O=c1[nH]ccnc1N1CCCS(=O)(=O)CC1. The maximum absolute atomic E-state index is 11.5. The molecule has 16 heavy (non-hydrogen) atoms. The van der Waals surface area contributed by atoms with Crippen molar-refractivity contribution in [2.75, 3.05) is 29.5 Å². The number of rotatable bonds is 1. The molecule has 1 aromatic heterocycles. The Morgan fingerprint density at radius 1 is 1.31 bits per heavy atom. The maximum Gasteiger partial charge on any atom is 0.290 e. The number of H-pyrrole nitrogens is 1.